The molecule has 0 spiro atoms. The average Bonchev–Trinajstić information content (AvgIpc) is 3.51. The number of ether oxygens (including phenoxy) is 1. The van der Waals surface area contributed by atoms with E-state index in [0.717, 1.165) is 21.3 Å². The fourth-order valence-electron chi connectivity index (χ4n) is 2.69. The molecule has 0 aliphatic carbocycles. The van der Waals surface area contributed by atoms with E-state index in [0.29, 0.717) is 17.4 Å². The lowest BCUT2D eigenvalue weighted by Gasteiger charge is -2.06. The quantitative estimate of drug-likeness (QED) is 0.268. The molecular formula is C20H17FN4O2S3. The molecule has 0 saturated heterocycles. The van der Waals surface area contributed by atoms with Crippen LogP contribution >= 0.6 is 34.4 Å². The molecule has 0 fully saturated rings. The molecule has 0 radical (unpaired) electrons. The lowest BCUT2D eigenvalue weighted by atomic mass is 10.2. The first kappa shape index (κ1) is 20.7. The van der Waals surface area contributed by atoms with Gasteiger partial charge in [-0.2, -0.15) is 0 Å². The van der Waals surface area contributed by atoms with E-state index in [9.17, 15) is 9.18 Å². The van der Waals surface area contributed by atoms with Gasteiger partial charge in [0.1, 0.15) is 17.4 Å². The lowest BCUT2D eigenvalue weighted by molar-refractivity contribution is -0.141. The van der Waals surface area contributed by atoms with Crippen molar-refractivity contribution >= 4 is 40.4 Å². The number of esters is 1. The molecule has 0 atom stereocenters. The number of thiazole rings is 1. The summed E-state index contributed by atoms with van der Waals surface area (Å²) in [4.78, 5) is 17.7. The molecule has 30 heavy (non-hydrogen) atoms. The van der Waals surface area contributed by atoms with Crippen molar-refractivity contribution in [3.63, 3.8) is 0 Å². The Labute approximate surface area is 184 Å². The zero-order chi connectivity index (χ0) is 20.9. The molecule has 0 aliphatic heterocycles. The fraction of sp³-hybridized carbons (Fsp3) is 0.200. The van der Waals surface area contributed by atoms with Crippen LogP contribution in [0.2, 0.25) is 0 Å². The summed E-state index contributed by atoms with van der Waals surface area (Å²) in [5.41, 5.74) is 1.49. The third-order valence-electron chi connectivity index (χ3n) is 4.12. The maximum absolute atomic E-state index is 13.0. The fourth-order valence-corrected chi connectivity index (χ4v) is 5.01. The van der Waals surface area contributed by atoms with E-state index in [1.54, 1.807) is 23.5 Å². The largest absolute Gasteiger partial charge is 0.459 e. The summed E-state index contributed by atoms with van der Waals surface area (Å²) in [6.07, 6.45) is 0. The van der Waals surface area contributed by atoms with Crippen LogP contribution in [0.3, 0.4) is 0 Å². The van der Waals surface area contributed by atoms with Crippen molar-refractivity contribution in [2.45, 2.75) is 25.2 Å². The standard InChI is InChI=1S/C20H17FN4O2S3/c1-2-25-18(16-4-3-9-28-16)23-24-20(25)30-12-17(26)27-10-15-11-29-19(22-15)13-5-7-14(21)8-6-13/h3-9,11H,2,10,12H2,1H3. The Kier molecular flexibility index (Phi) is 6.56. The lowest BCUT2D eigenvalue weighted by Crippen LogP contribution is -2.08. The van der Waals surface area contributed by atoms with Gasteiger partial charge in [-0.1, -0.05) is 17.8 Å². The van der Waals surface area contributed by atoms with Gasteiger partial charge in [-0.25, -0.2) is 9.37 Å². The third-order valence-corrected chi connectivity index (χ3v) is 6.86. The molecule has 0 bridgehead atoms. The number of rotatable bonds is 8. The molecule has 3 aromatic heterocycles. The number of carbonyl (C=O) groups excluding carboxylic acids is 1. The highest BCUT2D eigenvalue weighted by Gasteiger charge is 2.16. The number of thioether (sulfide) groups is 1. The van der Waals surface area contributed by atoms with Crippen LogP contribution in [-0.2, 0) is 22.7 Å². The molecule has 0 aliphatic rings. The number of carbonyl (C=O) groups is 1. The molecule has 10 heteroatoms. The SMILES string of the molecule is CCn1c(SCC(=O)OCc2csc(-c3ccc(F)cc3)n2)nnc1-c1cccs1. The number of benzene rings is 1. The van der Waals surface area contributed by atoms with Gasteiger partial charge in [-0.05, 0) is 42.6 Å². The summed E-state index contributed by atoms with van der Waals surface area (Å²) in [7, 11) is 0. The maximum atomic E-state index is 13.0. The summed E-state index contributed by atoms with van der Waals surface area (Å²) in [5, 5.41) is 13.7. The first-order valence-corrected chi connectivity index (χ1v) is 11.8. The van der Waals surface area contributed by atoms with Crippen molar-refractivity contribution in [1.82, 2.24) is 19.7 Å². The molecule has 4 aromatic rings. The van der Waals surface area contributed by atoms with Gasteiger partial charge in [-0.3, -0.25) is 4.79 Å². The summed E-state index contributed by atoms with van der Waals surface area (Å²) < 4.78 is 20.4. The molecule has 154 valence electrons. The third kappa shape index (κ3) is 4.77. The predicted molar refractivity (Wildman–Crippen MR) is 117 cm³/mol. The molecule has 0 saturated carbocycles. The molecule has 1 aromatic carbocycles. The van der Waals surface area contributed by atoms with Gasteiger partial charge < -0.3 is 9.30 Å². The van der Waals surface area contributed by atoms with Gasteiger partial charge in [0.2, 0.25) is 0 Å². The number of thiophene rings is 1. The second-order valence-electron chi connectivity index (χ2n) is 6.13. The Morgan fingerprint density at radius 2 is 2.03 bits per heavy atom. The Hall–Kier alpha value is -2.56. The number of aromatic nitrogens is 4. The molecular weight excluding hydrogens is 443 g/mol. The van der Waals surface area contributed by atoms with Gasteiger partial charge in [0, 0.05) is 17.5 Å². The highest BCUT2D eigenvalue weighted by molar-refractivity contribution is 7.99. The van der Waals surface area contributed by atoms with E-state index in [1.807, 2.05) is 34.4 Å². The molecule has 3 heterocycles. The Morgan fingerprint density at radius 1 is 1.20 bits per heavy atom. The molecule has 0 amide bonds. The predicted octanol–water partition coefficient (Wildman–Crippen LogP) is 5.12. The summed E-state index contributed by atoms with van der Waals surface area (Å²) in [6, 6.07) is 10.1. The van der Waals surface area contributed by atoms with Gasteiger partial charge >= 0.3 is 5.97 Å². The van der Waals surface area contributed by atoms with Crippen molar-refractivity contribution in [2.24, 2.45) is 0 Å². The van der Waals surface area contributed by atoms with Crippen LogP contribution in [-0.4, -0.2) is 31.5 Å². The number of hydrogen-bond donors (Lipinski definition) is 0. The zero-order valence-electron chi connectivity index (χ0n) is 15.9. The molecule has 6 nitrogen and oxygen atoms in total. The highest BCUT2D eigenvalue weighted by Crippen LogP contribution is 2.27. The highest BCUT2D eigenvalue weighted by atomic mass is 32.2. The van der Waals surface area contributed by atoms with E-state index < -0.39 is 0 Å². The van der Waals surface area contributed by atoms with Gasteiger partial charge in [0.05, 0.1) is 16.3 Å². The van der Waals surface area contributed by atoms with Crippen LogP contribution < -0.4 is 0 Å². The van der Waals surface area contributed by atoms with Gasteiger partial charge in [0.25, 0.3) is 0 Å². The van der Waals surface area contributed by atoms with E-state index in [2.05, 4.69) is 15.2 Å². The van der Waals surface area contributed by atoms with Gasteiger partial charge in [0.15, 0.2) is 11.0 Å². The van der Waals surface area contributed by atoms with Crippen LogP contribution in [0.15, 0.2) is 52.3 Å². The zero-order valence-corrected chi connectivity index (χ0v) is 18.4. The molecule has 0 N–H and O–H groups in total. The number of nitrogens with zero attached hydrogens (tertiary/aromatic N) is 4. The van der Waals surface area contributed by atoms with Crippen molar-refractivity contribution in [1.29, 1.82) is 0 Å². The summed E-state index contributed by atoms with van der Waals surface area (Å²) in [5.74, 6) is 0.305. The van der Waals surface area contributed by atoms with Crippen molar-refractivity contribution in [2.75, 3.05) is 5.75 Å². The Morgan fingerprint density at radius 3 is 2.77 bits per heavy atom. The Balaban J connectivity index is 1.31. The second kappa shape index (κ2) is 9.50. The molecule has 0 unspecified atom stereocenters. The minimum Gasteiger partial charge on any atom is -0.459 e. The smallest absolute Gasteiger partial charge is 0.316 e. The number of halogens is 1. The van der Waals surface area contributed by atoms with Crippen LogP contribution in [0.5, 0.6) is 0 Å². The topological polar surface area (TPSA) is 69.9 Å². The van der Waals surface area contributed by atoms with E-state index >= 15 is 0 Å². The Bertz CT molecular complexity index is 1120. The van der Waals surface area contributed by atoms with Crippen LogP contribution in [0.4, 0.5) is 4.39 Å². The number of hydrogen-bond acceptors (Lipinski definition) is 8. The molecule has 4 rings (SSSR count). The van der Waals surface area contributed by atoms with E-state index in [4.69, 9.17) is 4.74 Å². The first-order chi connectivity index (χ1) is 14.6. The van der Waals surface area contributed by atoms with Crippen LogP contribution in [0.1, 0.15) is 12.6 Å². The van der Waals surface area contributed by atoms with Crippen LogP contribution in [0.25, 0.3) is 21.3 Å². The normalized spacial score (nSPS) is 11.0. The summed E-state index contributed by atoms with van der Waals surface area (Å²) in [6.45, 7) is 2.82. The van der Waals surface area contributed by atoms with Gasteiger partial charge in [-0.15, -0.1) is 32.9 Å². The van der Waals surface area contributed by atoms with E-state index in [-0.39, 0.29) is 24.1 Å². The second-order valence-corrected chi connectivity index (χ2v) is 8.88. The van der Waals surface area contributed by atoms with Crippen molar-refractivity contribution in [3.05, 3.63) is 58.7 Å². The monoisotopic (exact) mass is 460 g/mol. The van der Waals surface area contributed by atoms with Crippen molar-refractivity contribution < 1.29 is 13.9 Å². The van der Waals surface area contributed by atoms with E-state index in [1.165, 1.54) is 35.2 Å². The minimum absolute atomic E-state index is 0.0952. The van der Waals surface area contributed by atoms with Crippen LogP contribution in [0, 0.1) is 5.82 Å². The summed E-state index contributed by atoms with van der Waals surface area (Å²) >= 11 is 4.33. The maximum Gasteiger partial charge on any atom is 0.316 e. The van der Waals surface area contributed by atoms with Crippen molar-refractivity contribution in [3.8, 4) is 21.3 Å². The minimum atomic E-state index is -0.348. The first-order valence-electron chi connectivity index (χ1n) is 9.10. The average molecular weight is 461 g/mol.